The molecule has 1 aromatic carbocycles. The number of rotatable bonds is 7. The Morgan fingerprint density at radius 1 is 1.15 bits per heavy atom. The van der Waals surface area contributed by atoms with E-state index in [4.69, 9.17) is 9.47 Å². The fraction of sp³-hybridized carbons (Fsp3) is 0.421. The van der Waals surface area contributed by atoms with Crippen molar-refractivity contribution in [1.82, 2.24) is 10.3 Å². The van der Waals surface area contributed by atoms with Gasteiger partial charge in [-0.05, 0) is 25.0 Å². The Hall–Kier alpha value is -2.61. The molecule has 0 spiro atoms. The average molecular weight is 389 g/mol. The molecule has 7 nitrogen and oxygen atoms in total. The van der Waals surface area contributed by atoms with E-state index in [-0.39, 0.29) is 18.2 Å². The van der Waals surface area contributed by atoms with Crippen LogP contribution in [0.3, 0.4) is 0 Å². The summed E-state index contributed by atoms with van der Waals surface area (Å²) >= 11 is 1.29. The minimum absolute atomic E-state index is 0.0254. The number of amides is 2. The first-order valence-corrected chi connectivity index (χ1v) is 9.73. The van der Waals surface area contributed by atoms with E-state index in [1.54, 1.807) is 23.6 Å². The predicted octanol–water partition coefficient (Wildman–Crippen LogP) is 3.01. The maximum absolute atomic E-state index is 12.5. The standard InChI is InChI=1S/C19H23N3O4S/c1-25-15-7-12(8-16(10-15)26-2)18(24)22-19-21-14(11-27-19)9-17(23)20-13-5-3-4-6-13/h7-8,10-11,13H,3-6,9H2,1-2H3,(H,20,23)(H,21,22,24). The number of thiazole rings is 1. The van der Waals surface area contributed by atoms with Crippen LogP contribution in [0.5, 0.6) is 11.5 Å². The molecule has 1 heterocycles. The highest BCUT2D eigenvalue weighted by molar-refractivity contribution is 7.14. The molecule has 1 aliphatic carbocycles. The zero-order valence-electron chi connectivity index (χ0n) is 15.4. The SMILES string of the molecule is COc1cc(OC)cc(C(=O)Nc2nc(CC(=O)NC3CCCC3)cs2)c1. The van der Waals surface area contributed by atoms with Crippen LogP contribution in [-0.4, -0.2) is 37.1 Å². The van der Waals surface area contributed by atoms with E-state index in [9.17, 15) is 9.59 Å². The van der Waals surface area contributed by atoms with Crippen LogP contribution < -0.4 is 20.1 Å². The van der Waals surface area contributed by atoms with Gasteiger partial charge in [0.15, 0.2) is 5.13 Å². The number of hydrogen-bond donors (Lipinski definition) is 2. The van der Waals surface area contributed by atoms with Crippen molar-refractivity contribution in [3.8, 4) is 11.5 Å². The lowest BCUT2D eigenvalue weighted by molar-refractivity contribution is -0.121. The molecule has 0 aliphatic heterocycles. The summed E-state index contributed by atoms with van der Waals surface area (Å²) in [6.07, 6.45) is 4.66. The summed E-state index contributed by atoms with van der Waals surface area (Å²) in [4.78, 5) is 28.9. The van der Waals surface area contributed by atoms with Crippen molar-refractivity contribution in [2.75, 3.05) is 19.5 Å². The fourth-order valence-corrected chi connectivity index (χ4v) is 3.77. The Balaban J connectivity index is 1.60. The molecule has 8 heteroatoms. The summed E-state index contributed by atoms with van der Waals surface area (Å²) in [6.45, 7) is 0. The Morgan fingerprint density at radius 2 is 1.81 bits per heavy atom. The number of ether oxygens (including phenoxy) is 2. The van der Waals surface area contributed by atoms with Gasteiger partial charge in [-0.2, -0.15) is 0 Å². The van der Waals surface area contributed by atoms with Crippen molar-refractivity contribution in [3.05, 3.63) is 34.8 Å². The number of anilines is 1. The van der Waals surface area contributed by atoms with Crippen LogP contribution in [0.25, 0.3) is 0 Å². The molecule has 1 saturated carbocycles. The normalized spacial score (nSPS) is 14.0. The maximum atomic E-state index is 12.5. The number of nitrogens with zero attached hydrogens (tertiary/aromatic N) is 1. The lowest BCUT2D eigenvalue weighted by Gasteiger charge is -2.10. The zero-order valence-corrected chi connectivity index (χ0v) is 16.2. The van der Waals surface area contributed by atoms with Gasteiger partial charge in [-0.15, -0.1) is 11.3 Å². The zero-order chi connectivity index (χ0) is 19.2. The van der Waals surface area contributed by atoms with Gasteiger partial charge in [-0.1, -0.05) is 12.8 Å². The number of nitrogens with one attached hydrogen (secondary N) is 2. The van der Waals surface area contributed by atoms with Crippen LogP contribution in [0.15, 0.2) is 23.6 Å². The maximum Gasteiger partial charge on any atom is 0.257 e. The molecule has 0 bridgehead atoms. The summed E-state index contributed by atoms with van der Waals surface area (Å²) < 4.78 is 10.4. The molecule has 0 atom stereocenters. The van der Waals surface area contributed by atoms with Crippen molar-refractivity contribution >= 4 is 28.3 Å². The van der Waals surface area contributed by atoms with E-state index in [0.29, 0.717) is 33.9 Å². The van der Waals surface area contributed by atoms with Crippen LogP contribution >= 0.6 is 11.3 Å². The molecule has 2 N–H and O–H groups in total. The van der Waals surface area contributed by atoms with Gasteiger partial charge in [-0.25, -0.2) is 4.98 Å². The van der Waals surface area contributed by atoms with Crippen molar-refractivity contribution < 1.29 is 19.1 Å². The molecular weight excluding hydrogens is 366 g/mol. The highest BCUT2D eigenvalue weighted by atomic mass is 32.1. The second kappa shape index (κ2) is 8.85. The van der Waals surface area contributed by atoms with Gasteiger partial charge in [0.25, 0.3) is 5.91 Å². The minimum Gasteiger partial charge on any atom is -0.497 e. The third kappa shape index (κ3) is 5.19. The van der Waals surface area contributed by atoms with Gasteiger partial charge in [0.05, 0.1) is 26.3 Å². The molecule has 1 fully saturated rings. The molecule has 0 radical (unpaired) electrons. The highest BCUT2D eigenvalue weighted by Gasteiger charge is 2.18. The molecule has 1 aliphatic rings. The molecule has 27 heavy (non-hydrogen) atoms. The van der Waals surface area contributed by atoms with E-state index < -0.39 is 0 Å². The van der Waals surface area contributed by atoms with Crippen LogP contribution in [0.1, 0.15) is 41.7 Å². The van der Waals surface area contributed by atoms with Crippen molar-refractivity contribution in [1.29, 1.82) is 0 Å². The minimum atomic E-state index is -0.316. The number of hydrogen-bond acceptors (Lipinski definition) is 6. The van der Waals surface area contributed by atoms with Crippen LogP contribution in [0, 0.1) is 0 Å². The van der Waals surface area contributed by atoms with Crippen molar-refractivity contribution in [2.45, 2.75) is 38.1 Å². The highest BCUT2D eigenvalue weighted by Crippen LogP contribution is 2.24. The molecule has 0 unspecified atom stereocenters. The summed E-state index contributed by atoms with van der Waals surface area (Å²) in [5.74, 6) is 0.719. The van der Waals surface area contributed by atoms with E-state index in [1.807, 2.05) is 0 Å². The third-order valence-electron chi connectivity index (χ3n) is 4.45. The van der Waals surface area contributed by atoms with E-state index >= 15 is 0 Å². The van der Waals surface area contributed by atoms with Gasteiger partial charge in [-0.3, -0.25) is 14.9 Å². The number of methoxy groups -OCH3 is 2. The topological polar surface area (TPSA) is 89.6 Å². The van der Waals surface area contributed by atoms with Gasteiger partial charge in [0.2, 0.25) is 5.91 Å². The van der Waals surface area contributed by atoms with Crippen LogP contribution in [0.4, 0.5) is 5.13 Å². The van der Waals surface area contributed by atoms with Gasteiger partial charge in [0.1, 0.15) is 11.5 Å². The molecule has 2 amide bonds. The van der Waals surface area contributed by atoms with Gasteiger partial charge < -0.3 is 14.8 Å². The fourth-order valence-electron chi connectivity index (χ4n) is 3.07. The molecule has 2 aromatic rings. The quantitative estimate of drug-likeness (QED) is 0.760. The van der Waals surface area contributed by atoms with Crippen LogP contribution in [0.2, 0.25) is 0 Å². The summed E-state index contributed by atoms with van der Waals surface area (Å²) in [5.41, 5.74) is 1.05. The third-order valence-corrected chi connectivity index (χ3v) is 5.25. The summed E-state index contributed by atoms with van der Waals surface area (Å²) in [6, 6.07) is 5.24. The molecule has 3 rings (SSSR count). The molecule has 0 saturated heterocycles. The Bertz CT molecular complexity index is 793. The summed E-state index contributed by atoms with van der Waals surface area (Å²) in [5, 5.41) is 8.03. The Kier molecular flexibility index (Phi) is 6.28. The predicted molar refractivity (Wildman–Crippen MR) is 104 cm³/mol. The number of benzene rings is 1. The monoisotopic (exact) mass is 389 g/mol. The Labute approximate surface area is 162 Å². The lowest BCUT2D eigenvalue weighted by Crippen LogP contribution is -2.33. The van der Waals surface area contributed by atoms with Gasteiger partial charge in [0, 0.05) is 23.1 Å². The summed E-state index contributed by atoms with van der Waals surface area (Å²) in [7, 11) is 3.06. The smallest absolute Gasteiger partial charge is 0.257 e. The Morgan fingerprint density at radius 3 is 2.44 bits per heavy atom. The second-order valence-electron chi connectivity index (χ2n) is 6.43. The van der Waals surface area contributed by atoms with Crippen molar-refractivity contribution in [3.63, 3.8) is 0 Å². The molecule has 1 aromatic heterocycles. The molecule has 144 valence electrons. The number of carbonyl (C=O) groups excluding carboxylic acids is 2. The van der Waals surface area contributed by atoms with E-state index in [1.165, 1.54) is 38.4 Å². The number of carbonyl (C=O) groups is 2. The van der Waals surface area contributed by atoms with Crippen molar-refractivity contribution in [2.24, 2.45) is 0 Å². The molecular formula is C19H23N3O4S. The van der Waals surface area contributed by atoms with E-state index in [0.717, 1.165) is 12.8 Å². The lowest BCUT2D eigenvalue weighted by atomic mass is 10.2. The largest absolute Gasteiger partial charge is 0.497 e. The van der Waals surface area contributed by atoms with Crippen LogP contribution in [-0.2, 0) is 11.2 Å². The number of aromatic nitrogens is 1. The first kappa shape index (κ1) is 19.2. The van der Waals surface area contributed by atoms with Gasteiger partial charge >= 0.3 is 0 Å². The first-order chi connectivity index (χ1) is 13.1. The average Bonchev–Trinajstić information content (AvgIpc) is 3.33. The second-order valence-corrected chi connectivity index (χ2v) is 7.28. The van der Waals surface area contributed by atoms with E-state index in [2.05, 4.69) is 15.6 Å². The first-order valence-electron chi connectivity index (χ1n) is 8.85.